The number of esters is 1. The molecule has 4 heteroatoms. The van der Waals surface area contributed by atoms with Crippen molar-refractivity contribution in [3.8, 4) is 0 Å². The largest absolute Gasteiger partial charge is 0.511 e. The van der Waals surface area contributed by atoms with Gasteiger partial charge in [0.1, 0.15) is 16.3 Å². The van der Waals surface area contributed by atoms with Gasteiger partial charge in [0.25, 0.3) is 0 Å². The summed E-state index contributed by atoms with van der Waals surface area (Å²) in [4.78, 5) is 14.6. The van der Waals surface area contributed by atoms with Crippen LogP contribution < -0.4 is 0 Å². The summed E-state index contributed by atoms with van der Waals surface area (Å²) in [5.74, 6) is -0.369. The predicted molar refractivity (Wildman–Crippen MR) is 139 cm³/mol. The summed E-state index contributed by atoms with van der Waals surface area (Å²) in [5, 5.41) is 11.2. The third-order valence-electron chi connectivity index (χ3n) is 6.31. The Morgan fingerprint density at radius 3 is 2.24 bits per heavy atom. The molecule has 3 aromatic rings. The van der Waals surface area contributed by atoms with Gasteiger partial charge in [-0.1, -0.05) is 105 Å². The lowest BCUT2D eigenvalue weighted by Gasteiger charge is -2.38. The van der Waals surface area contributed by atoms with E-state index in [9.17, 15) is 9.90 Å². The van der Waals surface area contributed by atoms with Crippen molar-refractivity contribution >= 4 is 17.7 Å². The van der Waals surface area contributed by atoms with E-state index in [1.54, 1.807) is 0 Å². The van der Waals surface area contributed by atoms with Crippen LogP contribution in [0.4, 0.5) is 0 Å². The van der Waals surface area contributed by atoms with E-state index in [1.165, 1.54) is 17.3 Å². The van der Waals surface area contributed by atoms with Crippen molar-refractivity contribution < 1.29 is 14.6 Å². The molecule has 0 spiro atoms. The first-order valence-corrected chi connectivity index (χ1v) is 12.5. The van der Waals surface area contributed by atoms with Gasteiger partial charge in [-0.15, -0.1) is 0 Å². The maximum absolute atomic E-state index is 13.4. The molecule has 0 saturated carbocycles. The summed E-state index contributed by atoms with van der Waals surface area (Å²) in [6.07, 6.45) is 1.59. The number of ether oxygens (including phenoxy) is 1. The Kier molecular flexibility index (Phi) is 6.90. The molecule has 0 fully saturated rings. The molecule has 1 atom stereocenters. The highest BCUT2D eigenvalue weighted by Crippen LogP contribution is 2.46. The van der Waals surface area contributed by atoms with Crippen molar-refractivity contribution in [1.29, 1.82) is 0 Å². The van der Waals surface area contributed by atoms with Crippen LogP contribution in [0.2, 0.25) is 0 Å². The lowest BCUT2D eigenvalue weighted by molar-refractivity contribution is -0.160. The van der Waals surface area contributed by atoms with Gasteiger partial charge in [-0.05, 0) is 53.5 Å². The van der Waals surface area contributed by atoms with Gasteiger partial charge < -0.3 is 9.84 Å². The molecular weight excluding hydrogens is 440 g/mol. The number of carbonyl (C=O) groups excluding carboxylic acids is 1. The Balaban J connectivity index is 1.69. The number of benzene rings is 3. The van der Waals surface area contributed by atoms with Crippen LogP contribution in [-0.4, -0.2) is 11.1 Å². The fraction of sp³-hybridized carbons (Fsp3) is 0.300. The topological polar surface area (TPSA) is 46.5 Å². The van der Waals surface area contributed by atoms with Crippen molar-refractivity contribution in [2.24, 2.45) is 0 Å². The lowest BCUT2D eigenvalue weighted by atomic mass is 9.82. The van der Waals surface area contributed by atoms with Gasteiger partial charge in [-0.3, -0.25) is 0 Å². The smallest absolute Gasteiger partial charge is 0.349 e. The number of cyclic esters (lactones) is 1. The number of aliphatic hydroxyl groups is 1. The normalized spacial score (nSPS) is 18.6. The monoisotopic (exact) mass is 472 g/mol. The van der Waals surface area contributed by atoms with Gasteiger partial charge in [0.05, 0.1) is 6.42 Å². The number of hydrogen-bond donors (Lipinski definition) is 1. The van der Waals surface area contributed by atoms with E-state index in [0.717, 1.165) is 28.0 Å². The van der Waals surface area contributed by atoms with Crippen LogP contribution in [0.3, 0.4) is 0 Å². The van der Waals surface area contributed by atoms with Gasteiger partial charge in [-0.2, -0.15) is 0 Å². The van der Waals surface area contributed by atoms with Crippen LogP contribution in [0.1, 0.15) is 55.9 Å². The maximum Gasteiger partial charge on any atom is 0.349 e. The first-order chi connectivity index (χ1) is 16.2. The fourth-order valence-corrected chi connectivity index (χ4v) is 5.71. The first-order valence-electron chi connectivity index (χ1n) is 11.7. The molecule has 3 nitrogen and oxygen atoms in total. The Labute approximate surface area is 206 Å². The third-order valence-corrected chi connectivity index (χ3v) is 7.47. The van der Waals surface area contributed by atoms with Gasteiger partial charge >= 0.3 is 5.97 Å². The second kappa shape index (κ2) is 9.71. The van der Waals surface area contributed by atoms with Gasteiger partial charge in [0, 0.05) is 4.90 Å². The van der Waals surface area contributed by atoms with Crippen molar-refractivity contribution in [2.75, 3.05) is 0 Å². The van der Waals surface area contributed by atoms with E-state index >= 15 is 0 Å². The van der Waals surface area contributed by atoms with Crippen molar-refractivity contribution in [1.82, 2.24) is 0 Å². The predicted octanol–water partition coefficient (Wildman–Crippen LogP) is 7.63. The molecule has 0 amide bonds. The van der Waals surface area contributed by atoms with E-state index < -0.39 is 11.6 Å². The van der Waals surface area contributed by atoms with Gasteiger partial charge in [0.15, 0.2) is 0 Å². The molecule has 0 unspecified atom stereocenters. The zero-order valence-corrected chi connectivity index (χ0v) is 21.1. The summed E-state index contributed by atoms with van der Waals surface area (Å²) in [7, 11) is 0. The molecule has 1 aliphatic heterocycles. The number of carbonyl (C=O) groups is 1. The highest BCUT2D eigenvalue weighted by Gasteiger charge is 2.43. The quantitative estimate of drug-likeness (QED) is 0.375. The Morgan fingerprint density at radius 1 is 0.971 bits per heavy atom. The maximum atomic E-state index is 13.4. The van der Waals surface area contributed by atoms with E-state index in [0.29, 0.717) is 6.42 Å². The molecule has 1 aliphatic rings. The zero-order valence-electron chi connectivity index (χ0n) is 20.3. The van der Waals surface area contributed by atoms with Crippen LogP contribution in [0, 0.1) is 6.92 Å². The summed E-state index contributed by atoms with van der Waals surface area (Å²) in [6.45, 7) is 8.49. The Hall–Kier alpha value is -2.98. The summed E-state index contributed by atoms with van der Waals surface area (Å²) >= 11 is 1.31. The number of aliphatic hydroxyl groups excluding tert-OH is 1. The number of aryl methyl sites for hydroxylation is 2. The Bertz CT molecular complexity index is 1190. The zero-order chi connectivity index (χ0) is 24.3. The number of thioether (sulfide) groups is 1. The minimum atomic E-state index is -0.901. The minimum absolute atomic E-state index is 0.0890. The number of hydrogen-bond acceptors (Lipinski definition) is 4. The molecule has 0 saturated heterocycles. The van der Waals surface area contributed by atoms with E-state index in [-0.39, 0.29) is 22.5 Å². The molecule has 1 N–H and O–H groups in total. The van der Waals surface area contributed by atoms with Crippen LogP contribution in [0.25, 0.3) is 0 Å². The highest BCUT2D eigenvalue weighted by molar-refractivity contribution is 8.04. The van der Waals surface area contributed by atoms with E-state index in [2.05, 4.69) is 51.1 Å². The van der Waals surface area contributed by atoms with Crippen LogP contribution in [0.5, 0.6) is 0 Å². The molecular formula is C30H32O3S. The van der Waals surface area contributed by atoms with E-state index in [4.69, 9.17) is 4.74 Å². The molecule has 1 heterocycles. The summed E-state index contributed by atoms with van der Waals surface area (Å²) < 4.78 is 6.22. The molecule has 34 heavy (non-hydrogen) atoms. The van der Waals surface area contributed by atoms with Crippen molar-refractivity contribution in [2.45, 2.75) is 62.9 Å². The molecule has 0 aliphatic carbocycles. The average Bonchev–Trinajstić information content (AvgIpc) is 2.81. The van der Waals surface area contributed by atoms with Crippen LogP contribution >= 0.6 is 11.8 Å². The molecule has 0 bridgehead atoms. The number of rotatable bonds is 6. The molecule has 4 rings (SSSR count). The van der Waals surface area contributed by atoms with Crippen LogP contribution in [0.15, 0.2) is 94.4 Å². The molecule has 0 radical (unpaired) electrons. The standard InChI is InChI=1S/C30H32O3S/c1-21-15-16-24(29(2,3)4)26(19-21)34-27-25(31)20-30(33-28(27)32,23-13-9-6-10-14-23)18-17-22-11-7-5-8-12-22/h5-16,19,31H,17-18,20H2,1-4H3/t30-/m0/s1. The average molecular weight is 473 g/mol. The van der Waals surface area contributed by atoms with E-state index in [1.807, 2.05) is 55.5 Å². The molecule has 3 aromatic carbocycles. The highest BCUT2D eigenvalue weighted by atomic mass is 32.2. The van der Waals surface area contributed by atoms with Crippen molar-refractivity contribution in [3.63, 3.8) is 0 Å². The van der Waals surface area contributed by atoms with Gasteiger partial charge in [-0.25, -0.2) is 4.79 Å². The minimum Gasteiger partial charge on any atom is -0.511 e. The third kappa shape index (κ3) is 5.23. The second-order valence-corrected chi connectivity index (χ2v) is 11.1. The summed E-state index contributed by atoms with van der Waals surface area (Å²) in [6, 6.07) is 26.2. The Morgan fingerprint density at radius 2 is 1.62 bits per heavy atom. The van der Waals surface area contributed by atoms with Crippen molar-refractivity contribution in [3.05, 3.63) is 112 Å². The molecule has 0 aromatic heterocycles. The summed E-state index contributed by atoms with van der Waals surface area (Å²) in [5.41, 5.74) is 3.34. The van der Waals surface area contributed by atoms with Crippen LogP contribution in [-0.2, 0) is 27.0 Å². The second-order valence-electron chi connectivity index (χ2n) is 10.0. The fourth-order valence-electron chi connectivity index (χ4n) is 4.45. The van der Waals surface area contributed by atoms with Gasteiger partial charge in [0.2, 0.25) is 0 Å². The molecule has 176 valence electrons. The SMILES string of the molecule is Cc1ccc(C(C)(C)C)c(SC2=C(O)C[C@@](CCc3ccccc3)(c3ccccc3)OC2=O)c1. The lowest BCUT2D eigenvalue weighted by Crippen LogP contribution is -2.38. The first kappa shape index (κ1) is 24.2.